The van der Waals surface area contributed by atoms with Crippen LogP contribution in [0, 0.1) is 13.8 Å². The van der Waals surface area contributed by atoms with Gasteiger partial charge in [-0.05, 0) is 62.2 Å². The van der Waals surface area contributed by atoms with E-state index in [9.17, 15) is 18.0 Å². The Bertz CT molecular complexity index is 951. The van der Waals surface area contributed by atoms with Crippen molar-refractivity contribution >= 4 is 27.6 Å². The lowest BCUT2D eigenvalue weighted by Gasteiger charge is -2.12. The molecule has 0 unspecified atom stereocenters. The normalized spacial score (nSPS) is 12.1. The molecule has 0 spiro atoms. The van der Waals surface area contributed by atoms with Crippen LogP contribution in [0.2, 0.25) is 0 Å². The number of hydrogen-bond donors (Lipinski definition) is 1. The zero-order chi connectivity index (χ0) is 20.2. The number of carbonyl (C=O) groups excluding carboxylic acids is 2. The molecule has 2 aromatic rings. The van der Waals surface area contributed by atoms with E-state index in [0.717, 1.165) is 5.56 Å². The summed E-state index contributed by atoms with van der Waals surface area (Å²) in [6.45, 7) is 4.93. The molecule has 0 saturated carbocycles. The molecule has 2 rings (SSSR count). The molecule has 0 aliphatic heterocycles. The summed E-state index contributed by atoms with van der Waals surface area (Å²) in [7, 11) is -2.56. The maximum Gasteiger partial charge on any atom is 0.346 e. The predicted octanol–water partition coefficient (Wildman–Crippen LogP) is 2.82. The van der Waals surface area contributed by atoms with Gasteiger partial charge in [0.15, 0.2) is 6.10 Å². The predicted molar refractivity (Wildman–Crippen MR) is 100 cm³/mol. The van der Waals surface area contributed by atoms with Gasteiger partial charge in [0, 0.05) is 5.69 Å². The molecule has 1 atom stereocenters. The van der Waals surface area contributed by atoms with Crippen molar-refractivity contribution in [1.29, 1.82) is 0 Å². The molecule has 0 amide bonds. The van der Waals surface area contributed by atoms with Crippen molar-refractivity contribution < 1.29 is 27.5 Å². The second-order valence-corrected chi connectivity index (χ2v) is 7.67. The molecule has 0 radical (unpaired) electrons. The van der Waals surface area contributed by atoms with Crippen LogP contribution in [-0.4, -0.2) is 33.6 Å². The smallest absolute Gasteiger partial charge is 0.346 e. The molecule has 0 aliphatic rings. The van der Waals surface area contributed by atoms with Crippen molar-refractivity contribution in [3.05, 3.63) is 59.2 Å². The van der Waals surface area contributed by atoms with Gasteiger partial charge in [-0.3, -0.25) is 4.72 Å². The number of ether oxygens (including phenoxy) is 2. The van der Waals surface area contributed by atoms with E-state index in [1.165, 1.54) is 38.3 Å². The minimum Gasteiger partial charge on any atom is -0.466 e. The maximum absolute atomic E-state index is 12.6. The van der Waals surface area contributed by atoms with Crippen molar-refractivity contribution in [1.82, 2.24) is 0 Å². The van der Waals surface area contributed by atoms with Gasteiger partial charge in [0.1, 0.15) is 0 Å². The highest BCUT2D eigenvalue weighted by Gasteiger charge is 2.20. The first-order chi connectivity index (χ1) is 12.6. The summed E-state index contributed by atoms with van der Waals surface area (Å²) < 4.78 is 37.1. The summed E-state index contributed by atoms with van der Waals surface area (Å²) in [4.78, 5) is 23.5. The van der Waals surface area contributed by atoms with E-state index in [4.69, 9.17) is 4.74 Å². The summed E-state index contributed by atoms with van der Waals surface area (Å²) in [5, 5.41) is 0. The number of carbonyl (C=O) groups is 2. The summed E-state index contributed by atoms with van der Waals surface area (Å²) in [5.74, 6) is -1.38. The summed E-state index contributed by atoms with van der Waals surface area (Å²) in [5.41, 5.74) is 1.94. The SMILES string of the molecule is COC(=O)[C@H](C)OC(=O)c1ccc(NS(=O)(=O)c2cc(C)ccc2C)cc1. The van der Waals surface area contributed by atoms with Crippen LogP contribution in [0.1, 0.15) is 28.4 Å². The van der Waals surface area contributed by atoms with Crippen LogP contribution in [0.15, 0.2) is 47.4 Å². The fraction of sp³-hybridized carbons (Fsp3) is 0.263. The first-order valence-corrected chi connectivity index (χ1v) is 9.61. The number of methoxy groups -OCH3 is 1. The highest BCUT2D eigenvalue weighted by molar-refractivity contribution is 7.92. The molecule has 7 nitrogen and oxygen atoms in total. The largest absolute Gasteiger partial charge is 0.466 e. The van der Waals surface area contributed by atoms with E-state index in [1.807, 2.05) is 13.0 Å². The molecule has 0 bridgehead atoms. The van der Waals surface area contributed by atoms with Gasteiger partial charge in [-0.15, -0.1) is 0 Å². The third-order valence-corrected chi connectivity index (χ3v) is 5.35. The second-order valence-electron chi connectivity index (χ2n) is 6.02. The van der Waals surface area contributed by atoms with Gasteiger partial charge in [-0.2, -0.15) is 0 Å². The van der Waals surface area contributed by atoms with E-state index in [2.05, 4.69) is 9.46 Å². The molecule has 0 aromatic heterocycles. The Morgan fingerprint density at radius 2 is 1.67 bits per heavy atom. The molecule has 0 aliphatic carbocycles. The van der Waals surface area contributed by atoms with Gasteiger partial charge in [-0.1, -0.05) is 12.1 Å². The number of nitrogens with one attached hydrogen (secondary N) is 1. The number of hydrogen-bond acceptors (Lipinski definition) is 6. The van der Waals surface area contributed by atoms with Crippen molar-refractivity contribution in [2.75, 3.05) is 11.8 Å². The quantitative estimate of drug-likeness (QED) is 0.760. The highest BCUT2D eigenvalue weighted by atomic mass is 32.2. The molecular formula is C19H21NO6S. The number of sulfonamides is 1. The Labute approximate surface area is 158 Å². The number of aryl methyl sites for hydroxylation is 2. The first-order valence-electron chi connectivity index (χ1n) is 8.13. The Kier molecular flexibility index (Phi) is 6.22. The van der Waals surface area contributed by atoms with Crippen LogP contribution in [0.25, 0.3) is 0 Å². The molecule has 2 aromatic carbocycles. The molecule has 8 heteroatoms. The number of benzene rings is 2. The lowest BCUT2D eigenvalue weighted by Crippen LogP contribution is -2.25. The minimum absolute atomic E-state index is 0.181. The number of esters is 2. The van der Waals surface area contributed by atoms with Crippen LogP contribution < -0.4 is 4.72 Å². The minimum atomic E-state index is -3.76. The van der Waals surface area contributed by atoms with Gasteiger partial charge in [0.05, 0.1) is 17.6 Å². The molecule has 27 heavy (non-hydrogen) atoms. The Balaban J connectivity index is 2.14. The van der Waals surface area contributed by atoms with Gasteiger partial charge in [0.2, 0.25) is 0 Å². The highest BCUT2D eigenvalue weighted by Crippen LogP contribution is 2.21. The van der Waals surface area contributed by atoms with Crippen molar-refractivity contribution in [3.8, 4) is 0 Å². The standard InChI is InChI=1S/C19H21NO6S/c1-12-5-6-13(2)17(11-12)27(23,24)20-16-9-7-15(8-10-16)19(22)26-14(3)18(21)25-4/h5-11,14,20H,1-4H3/t14-/m0/s1. The van der Waals surface area contributed by atoms with Crippen LogP contribution in [-0.2, 0) is 24.3 Å². The zero-order valence-corrected chi connectivity index (χ0v) is 16.3. The van der Waals surface area contributed by atoms with E-state index >= 15 is 0 Å². The molecule has 1 N–H and O–H groups in total. The van der Waals surface area contributed by atoms with E-state index < -0.39 is 28.1 Å². The van der Waals surface area contributed by atoms with Crippen molar-refractivity contribution in [2.45, 2.75) is 31.8 Å². The maximum atomic E-state index is 12.6. The summed E-state index contributed by atoms with van der Waals surface area (Å²) >= 11 is 0. The molecular weight excluding hydrogens is 370 g/mol. The van der Waals surface area contributed by atoms with Crippen molar-refractivity contribution in [2.24, 2.45) is 0 Å². The van der Waals surface area contributed by atoms with Crippen LogP contribution in [0.4, 0.5) is 5.69 Å². The lowest BCUT2D eigenvalue weighted by molar-refractivity contribution is -0.149. The Morgan fingerprint density at radius 1 is 1.04 bits per heavy atom. The molecule has 0 fully saturated rings. The monoisotopic (exact) mass is 391 g/mol. The zero-order valence-electron chi connectivity index (χ0n) is 15.5. The van der Waals surface area contributed by atoms with Crippen LogP contribution >= 0.6 is 0 Å². The van der Waals surface area contributed by atoms with Crippen molar-refractivity contribution in [3.63, 3.8) is 0 Å². The first kappa shape index (κ1) is 20.4. The average Bonchev–Trinajstić information content (AvgIpc) is 2.63. The molecule has 144 valence electrons. The summed E-state index contributed by atoms with van der Waals surface area (Å²) in [6.07, 6.45) is -1.04. The van der Waals surface area contributed by atoms with E-state index in [0.29, 0.717) is 11.3 Å². The van der Waals surface area contributed by atoms with Gasteiger partial charge >= 0.3 is 11.9 Å². The Morgan fingerprint density at radius 3 is 2.26 bits per heavy atom. The third-order valence-electron chi connectivity index (χ3n) is 3.82. The second kappa shape index (κ2) is 8.22. The molecule has 0 heterocycles. The van der Waals surface area contributed by atoms with Gasteiger partial charge in [-0.25, -0.2) is 18.0 Å². The van der Waals surface area contributed by atoms with E-state index in [-0.39, 0.29) is 10.5 Å². The van der Waals surface area contributed by atoms with Gasteiger partial charge < -0.3 is 9.47 Å². The number of rotatable bonds is 6. The van der Waals surface area contributed by atoms with Crippen LogP contribution in [0.5, 0.6) is 0 Å². The lowest BCUT2D eigenvalue weighted by atomic mass is 10.2. The number of anilines is 1. The fourth-order valence-corrected chi connectivity index (χ4v) is 3.71. The van der Waals surface area contributed by atoms with Gasteiger partial charge in [0.25, 0.3) is 10.0 Å². The molecule has 0 saturated heterocycles. The summed E-state index contributed by atoms with van der Waals surface area (Å²) in [6, 6.07) is 10.9. The topological polar surface area (TPSA) is 98.8 Å². The van der Waals surface area contributed by atoms with Crippen LogP contribution in [0.3, 0.4) is 0 Å². The van der Waals surface area contributed by atoms with E-state index in [1.54, 1.807) is 19.1 Å². The average molecular weight is 391 g/mol. The fourth-order valence-electron chi connectivity index (χ4n) is 2.32. The Hall–Kier alpha value is -2.87. The third kappa shape index (κ3) is 5.07.